The van der Waals surface area contributed by atoms with E-state index in [1.807, 2.05) is 0 Å². The first-order chi connectivity index (χ1) is 13.3. The molecule has 0 saturated carbocycles. The first kappa shape index (κ1) is 19.1. The lowest BCUT2D eigenvalue weighted by Crippen LogP contribution is -2.17. The molecule has 7 nitrogen and oxygen atoms in total. The number of methoxy groups -OCH3 is 1. The van der Waals surface area contributed by atoms with Crippen LogP contribution in [0, 0.1) is 0 Å². The monoisotopic (exact) mass is 392 g/mol. The van der Waals surface area contributed by atoms with Crippen molar-refractivity contribution in [3.63, 3.8) is 0 Å². The molecule has 0 amide bonds. The first-order valence-electron chi connectivity index (χ1n) is 7.89. The van der Waals surface area contributed by atoms with Crippen LogP contribution in [0.15, 0.2) is 54.9 Å². The summed E-state index contributed by atoms with van der Waals surface area (Å²) in [6.45, 7) is 0. The van der Waals surface area contributed by atoms with E-state index in [1.54, 1.807) is 31.4 Å². The molecule has 2 aromatic carbocycles. The van der Waals surface area contributed by atoms with Crippen LogP contribution in [0.1, 0.15) is 0 Å². The normalized spacial score (nSPS) is 11.0. The van der Waals surface area contributed by atoms with Gasteiger partial charge in [-0.15, -0.1) is 13.2 Å². The number of ether oxygens (including phenoxy) is 3. The molecule has 0 bridgehead atoms. The fourth-order valence-electron chi connectivity index (χ4n) is 2.19. The van der Waals surface area contributed by atoms with Crippen LogP contribution in [0.25, 0.3) is 0 Å². The van der Waals surface area contributed by atoms with Crippen LogP contribution in [-0.2, 0) is 0 Å². The van der Waals surface area contributed by atoms with Crippen molar-refractivity contribution in [2.75, 3.05) is 18.2 Å². The van der Waals surface area contributed by atoms with Gasteiger partial charge in [0.25, 0.3) is 0 Å². The SMILES string of the molecule is COc1ccc(Oc2ncnc(Nc3ccc(OC(F)(F)F)cc3)c2N)cc1. The summed E-state index contributed by atoms with van der Waals surface area (Å²) in [6, 6.07) is 11.9. The minimum atomic E-state index is -4.75. The number of benzene rings is 2. The van der Waals surface area contributed by atoms with Gasteiger partial charge in [-0.05, 0) is 48.5 Å². The molecular weight excluding hydrogens is 377 g/mol. The van der Waals surface area contributed by atoms with Crippen molar-refractivity contribution in [3.8, 4) is 23.1 Å². The highest BCUT2D eigenvalue weighted by Crippen LogP contribution is 2.32. The minimum absolute atomic E-state index is 0.125. The van der Waals surface area contributed by atoms with E-state index in [-0.39, 0.29) is 23.1 Å². The van der Waals surface area contributed by atoms with Crippen LogP contribution in [-0.4, -0.2) is 23.4 Å². The Morgan fingerprint density at radius 1 is 0.893 bits per heavy atom. The van der Waals surface area contributed by atoms with Crippen LogP contribution in [0.2, 0.25) is 0 Å². The van der Waals surface area contributed by atoms with E-state index in [1.165, 1.54) is 30.6 Å². The minimum Gasteiger partial charge on any atom is -0.497 e. The summed E-state index contributed by atoms with van der Waals surface area (Å²) in [5.41, 5.74) is 6.62. The van der Waals surface area contributed by atoms with Crippen LogP contribution in [0.4, 0.5) is 30.4 Å². The Hall–Kier alpha value is -3.69. The van der Waals surface area contributed by atoms with E-state index in [9.17, 15) is 13.2 Å². The molecule has 0 unspecified atom stereocenters. The summed E-state index contributed by atoms with van der Waals surface area (Å²) in [5.74, 6) is 1.19. The van der Waals surface area contributed by atoms with Crippen molar-refractivity contribution in [3.05, 3.63) is 54.9 Å². The predicted octanol–water partition coefficient (Wildman–Crippen LogP) is 4.50. The molecule has 10 heteroatoms. The van der Waals surface area contributed by atoms with Crippen LogP contribution in [0.3, 0.4) is 0 Å². The summed E-state index contributed by atoms with van der Waals surface area (Å²) >= 11 is 0. The maximum Gasteiger partial charge on any atom is 0.573 e. The fraction of sp³-hybridized carbons (Fsp3) is 0.111. The van der Waals surface area contributed by atoms with E-state index in [0.29, 0.717) is 17.2 Å². The Morgan fingerprint density at radius 3 is 2.11 bits per heavy atom. The molecule has 0 fully saturated rings. The van der Waals surface area contributed by atoms with E-state index < -0.39 is 6.36 Å². The topological polar surface area (TPSA) is 91.5 Å². The second-order valence-corrected chi connectivity index (χ2v) is 5.42. The third-order valence-electron chi connectivity index (χ3n) is 3.47. The van der Waals surface area contributed by atoms with E-state index in [0.717, 1.165) is 0 Å². The second kappa shape index (κ2) is 7.91. The third kappa shape index (κ3) is 4.93. The average Bonchev–Trinajstić information content (AvgIpc) is 2.66. The zero-order valence-electron chi connectivity index (χ0n) is 14.5. The van der Waals surface area contributed by atoms with Gasteiger partial charge in [-0.1, -0.05) is 0 Å². The number of nitrogen functional groups attached to an aromatic ring is 1. The Balaban J connectivity index is 1.73. The third-order valence-corrected chi connectivity index (χ3v) is 3.47. The maximum atomic E-state index is 12.2. The molecule has 0 spiro atoms. The fourth-order valence-corrected chi connectivity index (χ4v) is 2.19. The molecule has 1 heterocycles. The maximum absolute atomic E-state index is 12.2. The number of aromatic nitrogens is 2. The number of nitrogens with two attached hydrogens (primary N) is 1. The predicted molar refractivity (Wildman–Crippen MR) is 95.9 cm³/mol. The Kier molecular flexibility index (Phi) is 5.39. The van der Waals surface area contributed by atoms with Crippen molar-refractivity contribution < 1.29 is 27.4 Å². The molecule has 1 aromatic heterocycles. The molecule has 0 saturated heterocycles. The van der Waals surface area contributed by atoms with Gasteiger partial charge in [-0.25, -0.2) is 4.98 Å². The van der Waals surface area contributed by atoms with Gasteiger partial charge < -0.3 is 25.3 Å². The van der Waals surface area contributed by atoms with Crippen molar-refractivity contribution in [2.24, 2.45) is 0 Å². The van der Waals surface area contributed by atoms with Crippen molar-refractivity contribution in [1.82, 2.24) is 9.97 Å². The van der Waals surface area contributed by atoms with Crippen LogP contribution in [0.5, 0.6) is 23.1 Å². The van der Waals surface area contributed by atoms with Gasteiger partial charge in [0.2, 0.25) is 5.88 Å². The van der Waals surface area contributed by atoms with Gasteiger partial charge in [-0.3, -0.25) is 0 Å². The zero-order valence-corrected chi connectivity index (χ0v) is 14.5. The number of rotatable bonds is 6. The molecule has 146 valence electrons. The highest BCUT2D eigenvalue weighted by Gasteiger charge is 2.30. The summed E-state index contributed by atoms with van der Waals surface area (Å²) in [6.07, 6.45) is -3.50. The quantitative estimate of drug-likeness (QED) is 0.638. The molecule has 0 aliphatic rings. The summed E-state index contributed by atoms with van der Waals surface area (Å²) in [7, 11) is 1.55. The van der Waals surface area contributed by atoms with Gasteiger partial charge in [0, 0.05) is 5.69 Å². The van der Waals surface area contributed by atoms with Gasteiger partial charge in [-0.2, -0.15) is 4.98 Å². The smallest absolute Gasteiger partial charge is 0.497 e. The lowest BCUT2D eigenvalue weighted by atomic mass is 10.3. The number of hydrogen-bond donors (Lipinski definition) is 2. The molecule has 0 aliphatic heterocycles. The standard InChI is InChI=1S/C18H15F3N4O3/c1-26-12-6-8-13(9-7-12)27-17-15(22)16(23-10-24-17)25-11-2-4-14(5-3-11)28-18(19,20)21/h2-10H,22H2,1H3,(H,23,24,25). The van der Waals surface area contributed by atoms with E-state index >= 15 is 0 Å². The lowest BCUT2D eigenvalue weighted by molar-refractivity contribution is -0.274. The van der Waals surface area contributed by atoms with Gasteiger partial charge in [0.15, 0.2) is 5.82 Å². The summed E-state index contributed by atoms with van der Waals surface area (Å²) < 4.78 is 51.2. The Labute approximate surface area is 157 Å². The largest absolute Gasteiger partial charge is 0.573 e. The molecule has 28 heavy (non-hydrogen) atoms. The number of nitrogens with one attached hydrogen (secondary N) is 1. The molecule has 0 atom stereocenters. The Morgan fingerprint density at radius 2 is 1.50 bits per heavy atom. The van der Waals surface area contributed by atoms with Crippen LogP contribution >= 0.6 is 0 Å². The number of anilines is 3. The van der Waals surface area contributed by atoms with E-state index in [2.05, 4.69) is 20.0 Å². The Bertz CT molecular complexity index is 932. The summed E-state index contributed by atoms with van der Waals surface area (Å²) in [5, 5.41) is 2.89. The number of halogens is 3. The van der Waals surface area contributed by atoms with Gasteiger partial charge in [0.05, 0.1) is 7.11 Å². The molecule has 0 radical (unpaired) electrons. The molecule has 3 N–H and O–H groups in total. The first-order valence-corrected chi connectivity index (χ1v) is 7.89. The molecule has 0 aliphatic carbocycles. The van der Waals surface area contributed by atoms with Crippen molar-refractivity contribution >= 4 is 17.2 Å². The van der Waals surface area contributed by atoms with E-state index in [4.69, 9.17) is 15.2 Å². The lowest BCUT2D eigenvalue weighted by Gasteiger charge is -2.13. The van der Waals surface area contributed by atoms with Crippen molar-refractivity contribution in [1.29, 1.82) is 0 Å². The number of nitrogens with zero attached hydrogens (tertiary/aromatic N) is 2. The highest BCUT2D eigenvalue weighted by atomic mass is 19.4. The number of alkyl halides is 3. The van der Waals surface area contributed by atoms with Crippen molar-refractivity contribution in [2.45, 2.75) is 6.36 Å². The highest BCUT2D eigenvalue weighted by molar-refractivity contribution is 5.72. The van der Waals surface area contributed by atoms with Gasteiger partial charge in [0.1, 0.15) is 29.3 Å². The van der Waals surface area contributed by atoms with Crippen LogP contribution < -0.4 is 25.3 Å². The van der Waals surface area contributed by atoms with Gasteiger partial charge >= 0.3 is 6.36 Å². The molecule has 3 rings (SSSR count). The zero-order chi connectivity index (χ0) is 20.1. The molecular formula is C18H15F3N4O3. The molecule has 3 aromatic rings. The average molecular weight is 392 g/mol. The second-order valence-electron chi connectivity index (χ2n) is 5.42. The number of hydrogen-bond acceptors (Lipinski definition) is 7. The summed E-state index contributed by atoms with van der Waals surface area (Å²) in [4.78, 5) is 8.02.